The number of nitrogens with zero attached hydrogens (tertiary/aromatic N) is 2. The van der Waals surface area contributed by atoms with Gasteiger partial charge in [-0.1, -0.05) is 36.2 Å². The summed E-state index contributed by atoms with van der Waals surface area (Å²) in [4.78, 5) is 37.7. The number of aromatic amines is 1. The van der Waals surface area contributed by atoms with Gasteiger partial charge in [0.25, 0.3) is 0 Å². The number of carbonyl (C=O) groups excluding carboxylic acids is 2. The van der Waals surface area contributed by atoms with Crippen LogP contribution in [-0.4, -0.2) is 33.4 Å². The van der Waals surface area contributed by atoms with E-state index in [1.165, 1.54) is 23.1 Å². The van der Waals surface area contributed by atoms with Crippen LogP contribution < -0.4 is 10.6 Å². The number of aryl methyl sites for hydroxylation is 1. The van der Waals surface area contributed by atoms with Crippen molar-refractivity contribution >= 4 is 45.7 Å². The van der Waals surface area contributed by atoms with Gasteiger partial charge in [0.2, 0.25) is 0 Å². The van der Waals surface area contributed by atoms with Crippen molar-refractivity contribution in [1.82, 2.24) is 15.0 Å². The third-order valence-corrected chi connectivity index (χ3v) is 7.33. The first-order valence-corrected chi connectivity index (χ1v) is 13.3. The molecular formula is C24H29N5O3S2. The van der Waals surface area contributed by atoms with Crippen LogP contribution in [0.1, 0.15) is 59.9 Å². The molecule has 0 atom stereocenters. The second kappa shape index (κ2) is 11.6. The molecule has 2 aromatic heterocycles. The summed E-state index contributed by atoms with van der Waals surface area (Å²) in [6.45, 7) is 5.04. The summed E-state index contributed by atoms with van der Waals surface area (Å²) in [5, 5.41) is 8.83. The molecule has 4 rings (SSSR count). The van der Waals surface area contributed by atoms with Gasteiger partial charge in [-0.05, 0) is 38.8 Å². The normalized spacial score (nSPS) is 13.8. The molecule has 8 nitrogen and oxygen atoms in total. The van der Waals surface area contributed by atoms with Gasteiger partial charge in [0.05, 0.1) is 23.7 Å². The Morgan fingerprint density at radius 3 is 2.82 bits per heavy atom. The second-order valence-electron chi connectivity index (χ2n) is 8.24. The van der Waals surface area contributed by atoms with Gasteiger partial charge in [0.15, 0.2) is 16.1 Å². The molecule has 0 saturated heterocycles. The maximum atomic E-state index is 13.0. The number of imidazole rings is 1. The molecule has 1 aliphatic rings. The Hall–Kier alpha value is -2.69. The zero-order valence-corrected chi connectivity index (χ0v) is 21.0. The van der Waals surface area contributed by atoms with Crippen molar-refractivity contribution in [2.75, 3.05) is 17.2 Å². The van der Waals surface area contributed by atoms with E-state index in [1.54, 1.807) is 6.07 Å². The van der Waals surface area contributed by atoms with Crippen LogP contribution in [0.3, 0.4) is 0 Å². The number of H-pyrrole nitrogens is 1. The molecule has 2 heterocycles. The Kier molecular flexibility index (Phi) is 8.36. The quantitative estimate of drug-likeness (QED) is 0.232. The van der Waals surface area contributed by atoms with Gasteiger partial charge >= 0.3 is 6.03 Å². The number of aromatic nitrogens is 3. The van der Waals surface area contributed by atoms with Crippen LogP contribution >= 0.6 is 23.1 Å². The van der Waals surface area contributed by atoms with Crippen LogP contribution in [0.25, 0.3) is 0 Å². The summed E-state index contributed by atoms with van der Waals surface area (Å²) in [6.07, 6.45) is 5.86. The highest BCUT2D eigenvalue weighted by molar-refractivity contribution is 7.98. The van der Waals surface area contributed by atoms with Gasteiger partial charge in [-0.15, -0.1) is 11.3 Å². The molecule has 0 unspecified atom stereocenters. The minimum Gasteiger partial charge on any atom is -0.375 e. The SMILES string of the molecule is CCOCc1c[nH]c(SCc2csc(NC(=O)Nc3ccc(C)cc3C(=O)C3CCCC3)n2)n1. The number of Topliss-reactive ketones (excluding diaryl/α,β-unsaturated/α-hetero) is 1. The minimum absolute atomic E-state index is 0.0499. The first-order valence-electron chi connectivity index (χ1n) is 11.4. The van der Waals surface area contributed by atoms with Crippen molar-refractivity contribution in [2.45, 2.75) is 57.0 Å². The number of amides is 2. The smallest absolute Gasteiger partial charge is 0.325 e. The maximum Gasteiger partial charge on any atom is 0.325 e. The van der Waals surface area contributed by atoms with E-state index in [9.17, 15) is 9.59 Å². The van der Waals surface area contributed by atoms with Crippen molar-refractivity contribution in [1.29, 1.82) is 0 Å². The molecular weight excluding hydrogens is 470 g/mol. The molecule has 0 radical (unpaired) electrons. The predicted octanol–water partition coefficient (Wildman–Crippen LogP) is 6.02. The Bertz CT molecular complexity index is 1140. The average molecular weight is 500 g/mol. The van der Waals surface area contributed by atoms with Crippen LogP contribution in [0.4, 0.5) is 15.6 Å². The molecule has 0 aliphatic heterocycles. The number of thiazole rings is 1. The Morgan fingerprint density at radius 2 is 2.03 bits per heavy atom. The number of nitrogens with one attached hydrogen (secondary N) is 3. The van der Waals surface area contributed by atoms with Crippen LogP contribution in [0.2, 0.25) is 0 Å². The number of hydrogen-bond donors (Lipinski definition) is 3. The van der Waals surface area contributed by atoms with Crippen LogP contribution in [0.15, 0.2) is 34.9 Å². The summed E-state index contributed by atoms with van der Waals surface area (Å²) in [5.74, 6) is 0.792. The van der Waals surface area contributed by atoms with E-state index in [4.69, 9.17) is 4.74 Å². The lowest BCUT2D eigenvalue weighted by molar-refractivity contribution is 0.0923. The van der Waals surface area contributed by atoms with E-state index in [-0.39, 0.29) is 11.7 Å². The van der Waals surface area contributed by atoms with E-state index < -0.39 is 6.03 Å². The Labute approximate surface area is 207 Å². The third kappa shape index (κ3) is 6.46. The fourth-order valence-electron chi connectivity index (χ4n) is 3.90. The maximum absolute atomic E-state index is 13.0. The molecule has 1 fully saturated rings. The molecule has 2 amide bonds. The van der Waals surface area contributed by atoms with Crippen molar-refractivity contribution in [2.24, 2.45) is 5.92 Å². The third-order valence-electron chi connectivity index (χ3n) is 5.61. The van der Waals surface area contributed by atoms with E-state index in [0.29, 0.717) is 35.3 Å². The first kappa shape index (κ1) is 24.4. The molecule has 0 bridgehead atoms. The lowest BCUT2D eigenvalue weighted by Gasteiger charge is -2.14. The monoisotopic (exact) mass is 499 g/mol. The van der Waals surface area contributed by atoms with Crippen molar-refractivity contribution in [3.05, 3.63) is 52.3 Å². The molecule has 180 valence electrons. The molecule has 1 aliphatic carbocycles. The molecule has 3 aromatic rings. The zero-order chi connectivity index (χ0) is 23.9. The van der Waals surface area contributed by atoms with Crippen molar-refractivity contribution < 1.29 is 14.3 Å². The fourth-order valence-corrected chi connectivity index (χ4v) is 5.46. The highest BCUT2D eigenvalue weighted by Gasteiger charge is 2.26. The molecule has 0 spiro atoms. The largest absolute Gasteiger partial charge is 0.375 e. The van der Waals surface area contributed by atoms with E-state index in [1.807, 2.05) is 37.6 Å². The average Bonchev–Trinajstić information content (AvgIpc) is 3.59. The fraction of sp³-hybridized carbons (Fsp3) is 0.417. The topological polar surface area (TPSA) is 109 Å². The van der Waals surface area contributed by atoms with Crippen molar-refractivity contribution in [3.8, 4) is 0 Å². The van der Waals surface area contributed by atoms with Gasteiger partial charge in [-0.3, -0.25) is 10.1 Å². The standard InChI is InChI=1S/C24H29N5O3S2/c1-3-32-12-17-11-25-23(26-17)33-13-18-14-34-24(27-18)29-22(31)28-20-9-8-15(2)10-19(20)21(30)16-6-4-5-7-16/h8-11,14,16H,3-7,12-13H2,1-2H3,(H,25,26)(H2,27,28,29,31). The number of urea groups is 1. The Balaban J connectivity index is 1.32. The van der Waals surface area contributed by atoms with Gasteiger partial charge in [-0.2, -0.15) is 0 Å². The lowest BCUT2D eigenvalue weighted by atomic mass is 9.94. The molecule has 1 saturated carbocycles. The van der Waals surface area contributed by atoms with Gasteiger partial charge in [0, 0.05) is 35.4 Å². The summed E-state index contributed by atoms with van der Waals surface area (Å²) in [6, 6.07) is 5.14. The molecule has 10 heteroatoms. The highest BCUT2D eigenvalue weighted by atomic mass is 32.2. The summed E-state index contributed by atoms with van der Waals surface area (Å²) in [5.41, 5.74) is 3.83. The number of ketones is 1. The predicted molar refractivity (Wildman–Crippen MR) is 136 cm³/mol. The Morgan fingerprint density at radius 1 is 1.21 bits per heavy atom. The number of rotatable bonds is 10. The lowest BCUT2D eigenvalue weighted by Crippen LogP contribution is -2.22. The van der Waals surface area contributed by atoms with Crippen LogP contribution in [0, 0.1) is 12.8 Å². The van der Waals surface area contributed by atoms with Gasteiger partial charge < -0.3 is 15.0 Å². The number of carbonyl (C=O) groups is 2. The molecule has 34 heavy (non-hydrogen) atoms. The van der Waals surface area contributed by atoms with Gasteiger partial charge in [0.1, 0.15) is 0 Å². The number of ether oxygens (including phenoxy) is 1. The zero-order valence-electron chi connectivity index (χ0n) is 19.3. The number of hydrogen-bond acceptors (Lipinski definition) is 7. The summed E-state index contributed by atoms with van der Waals surface area (Å²) in [7, 11) is 0. The van der Waals surface area contributed by atoms with E-state index in [0.717, 1.165) is 47.8 Å². The minimum atomic E-state index is -0.413. The first-order chi connectivity index (χ1) is 16.5. The number of benzene rings is 1. The summed E-state index contributed by atoms with van der Waals surface area (Å²) >= 11 is 2.90. The molecule has 3 N–H and O–H groups in total. The van der Waals surface area contributed by atoms with Gasteiger partial charge in [-0.25, -0.2) is 14.8 Å². The van der Waals surface area contributed by atoms with Crippen molar-refractivity contribution in [3.63, 3.8) is 0 Å². The molecule has 1 aromatic carbocycles. The number of thioether (sulfide) groups is 1. The second-order valence-corrected chi connectivity index (χ2v) is 10.1. The highest BCUT2D eigenvalue weighted by Crippen LogP contribution is 2.31. The van der Waals surface area contributed by atoms with Crippen LogP contribution in [-0.2, 0) is 17.1 Å². The number of anilines is 2. The summed E-state index contributed by atoms with van der Waals surface area (Å²) < 4.78 is 5.36. The van der Waals surface area contributed by atoms with Crippen LogP contribution in [0.5, 0.6) is 0 Å². The van der Waals surface area contributed by atoms with E-state index >= 15 is 0 Å². The van der Waals surface area contributed by atoms with E-state index in [2.05, 4.69) is 25.6 Å².